The number of thiazole rings is 1. The summed E-state index contributed by atoms with van der Waals surface area (Å²) in [5.74, 6) is -0.875. The Kier molecular flexibility index (Phi) is 6.73. The van der Waals surface area contributed by atoms with Crippen LogP contribution in [0.1, 0.15) is 39.5 Å². The van der Waals surface area contributed by atoms with Gasteiger partial charge in [-0.05, 0) is 42.8 Å². The number of hydrogen-bond acceptors (Lipinski definition) is 9. The van der Waals surface area contributed by atoms with Gasteiger partial charge in [-0.3, -0.25) is 19.3 Å². The number of aliphatic hydroxyl groups excluding tert-OH is 1. The molecule has 38 heavy (non-hydrogen) atoms. The molecule has 3 aromatic rings. The summed E-state index contributed by atoms with van der Waals surface area (Å²) in [4.78, 5) is 45.1. The number of anilines is 1. The van der Waals surface area contributed by atoms with E-state index in [2.05, 4.69) is 11.6 Å². The lowest BCUT2D eigenvalue weighted by Crippen LogP contribution is -2.29. The highest BCUT2D eigenvalue weighted by atomic mass is 32.1. The van der Waals surface area contributed by atoms with Crippen molar-refractivity contribution in [1.82, 2.24) is 4.98 Å². The predicted molar refractivity (Wildman–Crippen MR) is 141 cm³/mol. The van der Waals surface area contributed by atoms with Crippen LogP contribution in [0.15, 0.2) is 60.7 Å². The van der Waals surface area contributed by atoms with E-state index in [1.54, 1.807) is 55.5 Å². The average molecular weight is 533 g/mol. The quantitative estimate of drug-likeness (QED) is 0.154. The normalized spacial score (nSPS) is 17.9. The van der Waals surface area contributed by atoms with Gasteiger partial charge in [0, 0.05) is 12.5 Å². The van der Waals surface area contributed by atoms with Crippen LogP contribution in [0.25, 0.3) is 5.76 Å². The molecule has 2 aromatic carbocycles. The lowest BCUT2D eigenvalue weighted by atomic mass is 9.95. The van der Waals surface area contributed by atoms with Crippen LogP contribution in [0.4, 0.5) is 5.13 Å². The van der Waals surface area contributed by atoms with Crippen molar-refractivity contribution >= 4 is 39.7 Å². The Balaban J connectivity index is 1.69. The van der Waals surface area contributed by atoms with Gasteiger partial charge >= 0.3 is 5.91 Å². The smallest absolute Gasteiger partial charge is 0.301 e. The fourth-order valence-electron chi connectivity index (χ4n) is 4.43. The molecule has 9 nitrogen and oxygen atoms in total. The van der Waals surface area contributed by atoms with Gasteiger partial charge < -0.3 is 19.3 Å². The third-order valence-corrected chi connectivity index (χ3v) is 7.37. The standard InChI is InChI=1S/C28H24N2O7S/c1-4-10-35-19-7-5-6-17(13-19)23-22(24(32)18-8-9-20-21(14-18)37-12-11-36-20)25(33)27(34)30(23)28-29-15(2)26(38-28)16(3)31/h4-9,13-14,23,32H,1,10-12H2,2-3H3/b24-22+/t23-/m1/s1. The van der Waals surface area contributed by atoms with Crippen LogP contribution in [-0.2, 0) is 9.59 Å². The van der Waals surface area contributed by atoms with Gasteiger partial charge in [0.25, 0.3) is 5.78 Å². The van der Waals surface area contributed by atoms with Crippen molar-refractivity contribution in [3.05, 3.63) is 82.4 Å². The van der Waals surface area contributed by atoms with E-state index >= 15 is 0 Å². The number of benzene rings is 2. The Bertz CT molecular complexity index is 1510. The zero-order valence-corrected chi connectivity index (χ0v) is 21.5. The first-order chi connectivity index (χ1) is 18.3. The minimum absolute atomic E-state index is 0.121. The summed E-state index contributed by atoms with van der Waals surface area (Å²) in [5.41, 5.74) is 1.14. The fraction of sp³-hybridized carbons (Fsp3) is 0.214. The first-order valence-electron chi connectivity index (χ1n) is 11.8. The van der Waals surface area contributed by atoms with E-state index in [9.17, 15) is 19.5 Å². The van der Waals surface area contributed by atoms with Crippen LogP contribution in [0.2, 0.25) is 0 Å². The number of rotatable bonds is 7. The SMILES string of the molecule is C=CCOc1cccc([C@@H]2/C(=C(\O)c3ccc4c(c3)OCCO4)C(=O)C(=O)N2c2nc(C)c(C(C)=O)s2)c1. The summed E-state index contributed by atoms with van der Waals surface area (Å²) < 4.78 is 16.9. The van der Waals surface area contributed by atoms with Crippen molar-refractivity contribution in [2.45, 2.75) is 19.9 Å². The highest BCUT2D eigenvalue weighted by Crippen LogP contribution is 2.45. The van der Waals surface area contributed by atoms with E-state index in [4.69, 9.17) is 14.2 Å². The molecule has 0 aliphatic carbocycles. The number of carbonyl (C=O) groups is 3. The highest BCUT2D eigenvalue weighted by molar-refractivity contribution is 7.18. The van der Waals surface area contributed by atoms with Crippen molar-refractivity contribution in [3.8, 4) is 17.2 Å². The van der Waals surface area contributed by atoms with Crippen LogP contribution < -0.4 is 19.1 Å². The van der Waals surface area contributed by atoms with E-state index in [1.165, 1.54) is 11.8 Å². The zero-order valence-electron chi connectivity index (χ0n) is 20.7. The lowest BCUT2D eigenvalue weighted by molar-refractivity contribution is -0.132. The van der Waals surface area contributed by atoms with Gasteiger partial charge in [0.1, 0.15) is 31.3 Å². The summed E-state index contributed by atoms with van der Waals surface area (Å²) in [5, 5.41) is 11.6. The molecule has 0 spiro atoms. The van der Waals surface area contributed by atoms with Gasteiger partial charge in [0.2, 0.25) is 0 Å². The number of aromatic nitrogens is 1. The Morgan fingerprint density at radius 1 is 1.21 bits per heavy atom. The minimum atomic E-state index is -1.03. The molecular weight excluding hydrogens is 508 g/mol. The van der Waals surface area contributed by atoms with Crippen LogP contribution in [0.5, 0.6) is 17.2 Å². The van der Waals surface area contributed by atoms with Gasteiger partial charge in [-0.25, -0.2) is 4.98 Å². The van der Waals surface area contributed by atoms with Crippen molar-refractivity contribution in [1.29, 1.82) is 0 Å². The van der Waals surface area contributed by atoms with E-state index in [0.29, 0.717) is 46.6 Å². The molecule has 1 N–H and O–H groups in total. The molecule has 0 saturated carbocycles. The van der Waals surface area contributed by atoms with Crippen molar-refractivity contribution < 1.29 is 33.7 Å². The molecular formula is C28H24N2O7S. The summed E-state index contributed by atoms with van der Waals surface area (Å²) in [6.45, 7) is 7.75. The van der Waals surface area contributed by atoms with Crippen LogP contribution in [-0.4, -0.2) is 47.4 Å². The van der Waals surface area contributed by atoms with Gasteiger partial charge in [-0.1, -0.05) is 36.1 Å². The lowest BCUT2D eigenvalue weighted by Gasteiger charge is -2.23. The number of hydrogen-bond donors (Lipinski definition) is 1. The molecule has 1 aromatic heterocycles. The molecule has 10 heteroatoms. The van der Waals surface area contributed by atoms with E-state index < -0.39 is 17.7 Å². The maximum Gasteiger partial charge on any atom is 0.301 e. The van der Waals surface area contributed by atoms with Crippen molar-refractivity contribution in [2.24, 2.45) is 0 Å². The third-order valence-electron chi connectivity index (χ3n) is 6.11. The molecule has 1 saturated heterocycles. The highest BCUT2D eigenvalue weighted by Gasteiger charge is 2.48. The van der Waals surface area contributed by atoms with Gasteiger partial charge in [0.05, 0.1) is 22.2 Å². The molecule has 1 atom stereocenters. The second-order valence-corrected chi connectivity index (χ2v) is 9.64. The molecule has 2 aliphatic heterocycles. The zero-order chi connectivity index (χ0) is 27.0. The minimum Gasteiger partial charge on any atom is -0.507 e. The number of aliphatic hydroxyl groups is 1. The first-order valence-corrected chi connectivity index (χ1v) is 12.6. The van der Waals surface area contributed by atoms with Gasteiger partial charge in [-0.15, -0.1) is 0 Å². The molecule has 194 valence electrons. The summed E-state index contributed by atoms with van der Waals surface area (Å²) >= 11 is 1.02. The van der Waals surface area contributed by atoms with E-state index in [0.717, 1.165) is 11.3 Å². The molecule has 1 amide bonds. The molecule has 0 unspecified atom stereocenters. The van der Waals surface area contributed by atoms with Crippen molar-refractivity contribution in [2.75, 3.05) is 24.7 Å². The Labute approximate surface area is 222 Å². The molecule has 0 radical (unpaired) electrons. The number of fused-ring (bicyclic) bond motifs is 1. The Morgan fingerprint density at radius 3 is 2.68 bits per heavy atom. The van der Waals surface area contributed by atoms with Crippen LogP contribution in [0, 0.1) is 6.92 Å². The van der Waals surface area contributed by atoms with Crippen LogP contribution in [0.3, 0.4) is 0 Å². The Hall–Kier alpha value is -4.44. The summed E-state index contributed by atoms with van der Waals surface area (Å²) in [6.07, 6.45) is 1.60. The number of aryl methyl sites for hydroxylation is 1. The number of nitrogens with zero attached hydrogens (tertiary/aromatic N) is 2. The van der Waals surface area contributed by atoms with E-state index in [-0.39, 0.29) is 34.4 Å². The van der Waals surface area contributed by atoms with E-state index in [1.807, 2.05) is 0 Å². The third kappa shape index (κ3) is 4.43. The van der Waals surface area contributed by atoms with Crippen molar-refractivity contribution in [3.63, 3.8) is 0 Å². The van der Waals surface area contributed by atoms with Crippen LogP contribution >= 0.6 is 11.3 Å². The molecule has 5 rings (SSSR count). The average Bonchev–Trinajstić information content (AvgIpc) is 3.43. The molecule has 1 fully saturated rings. The fourth-order valence-corrected chi connectivity index (χ4v) is 5.42. The molecule has 3 heterocycles. The number of ether oxygens (including phenoxy) is 3. The number of amides is 1. The second kappa shape index (κ2) is 10.1. The van der Waals surface area contributed by atoms with Gasteiger partial charge in [0.15, 0.2) is 22.4 Å². The maximum absolute atomic E-state index is 13.5. The monoisotopic (exact) mass is 532 g/mol. The second-order valence-electron chi connectivity index (χ2n) is 8.67. The van der Waals surface area contributed by atoms with Gasteiger partial charge in [-0.2, -0.15) is 0 Å². The summed E-state index contributed by atoms with van der Waals surface area (Å²) in [7, 11) is 0. The molecule has 2 aliphatic rings. The number of ketones is 2. The topological polar surface area (TPSA) is 115 Å². The largest absolute Gasteiger partial charge is 0.507 e. The number of Topliss-reactive ketones (excluding diaryl/α,β-unsaturated/α-hetero) is 2. The summed E-state index contributed by atoms with van der Waals surface area (Å²) in [6, 6.07) is 10.7. The predicted octanol–water partition coefficient (Wildman–Crippen LogP) is 4.62. The first kappa shape index (κ1) is 25.2. The molecule has 0 bridgehead atoms. The Morgan fingerprint density at radius 2 is 1.97 bits per heavy atom. The number of carbonyl (C=O) groups excluding carboxylic acids is 3. The maximum atomic E-state index is 13.5.